The molecule has 3 heterocycles. The zero-order valence-electron chi connectivity index (χ0n) is 24.1. The van der Waals surface area contributed by atoms with Crippen molar-refractivity contribution < 1.29 is 23.9 Å². The quantitative estimate of drug-likeness (QED) is 0.371. The van der Waals surface area contributed by atoms with Crippen molar-refractivity contribution >= 4 is 11.9 Å². The Labute approximate surface area is 232 Å². The molecule has 1 aromatic carbocycles. The third-order valence-corrected chi connectivity index (χ3v) is 8.12. The second-order valence-corrected chi connectivity index (χ2v) is 12.1. The van der Waals surface area contributed by atoms with E-state index in [9.17, 15) is 14.7 Å². The molecule has 1 N–H and O–H groups in total. The first kappa shape index (κ1) is 29.1. The van der Waals surface area contributed by atoms with Gasteiger partial charge in [-0.15, -0.1) is 0 Å². The Bertz CT molecular complexity index is 1100. The van der Waals surface area contributed by atoms with Gasteiger partial charge in [0.2, 0.25) is 5.91 Å². The summed E-state index contributed by atoms with van der Waals surface area (Å²) in [5.74, 6) is -0.600. The number of likely N-dealkylation sites (tertiary alicyclic amines) is 1. The summed E-state index contributed by atoms with van der Waals surface area (Å²) in [6, 6.07) is 7.73. The van der Waals surface area contributed by atoms with Crippen LogP contribution in [0.15, 0.2) is 36.7 Å². The number of aromatic nitrogens is 2. The summed E-state index contributed by atoms with van der Waals surface area (Å²) in [4.78, 5) is 30.6. The summed E-state index contributed by atoms with van der Waals surface area (Å²) >= 11 is 0. The molecule has 1 amide bonds. The van der Waals surface area contributed by atoms with Gasteiger partial charge in [0.1, 0.15) is 5.75 Å². The van der Waals surface area contributed by atoms with Gasteiger partial charge in [0.05, 0.1) is 46.8 Å². The van der Waals surface area contributed by atoms with Gasteiger partial charge in [0.15, 0.2) is 0 Å². The van der Waals surface area contributed by atoms with Crippen LogP contribution in [0.25, 0.3) is 0 Å². The number of quaternary nitrogens is 1. The van der Waals surface area contributed by atoms with Crippen molar-refractivity contribution in [2.24, 2.45) is 5.92 Å². The molecule has 1 saturated heterocycles. The van der Waals surface area contributed by atoms with Crippen LogP contribution in [0.3, 0.4) is 0 Å². The van der Waals surface area contributed by atoms with Crippen LogP contribution in [0.5, 0.6) is 5.75 Å². The van der Waals surface area contributed by atoms with Crippen molar-refractivity contribution in [3.05, 3.63) is 47.8 Å². The second-order valence-electron chi connectivity index (χ2n) is 12.1. The largest absolute Gasteiger partial charge is 0.493 e. The van der Waals surface area contributed by atoms with Gasteiger partial charge >= 0.3 is 5.97 Å². The van der Waals surface area contributed by atoms with Crippen molar-refractivity contribution in [3.8, 4) is 5.75 Å². The number of fused-ring (bicyclic) bond motifs is 1. The van der Waals surface area contributed by atoms with E-state index in [0.717, 1.165) is 66.7 Å². The standard InChI is InChI=1S/C30H45N5O4/c1-5-6-14-32(15-8-18-35(2,3)4)28(36)22-33-21-25(23-9-10-27-24(20-23)12-19-39-27)29(30(37)38)26(33)11-17-34-16-7-13-31-34/h7,9-10,13,16,20,25-26,29H,5-6,8,11-12,14-15,17-19,21-22H2,1-4H3/p+1. The van der Waals surface area contributed by atoms with Crippen molar-refractivity contribution in [2.45, 2.75) is 57.5 Å². The van der Waals surface area contributed by atoms with Gasteiger partial charge in [0.25, 0.3) is 0 Å². The fourth-order valence-corrected chi connectivity index (χ4v) is 6.04. The fourth-order valence-electron chi connectivity index (χ4n) is 6.04. The number of aryl methyl sites for hydroxylation is 1. The van der Waals surface area contributed by atoms with Gasteiger partial charge in [-0.05, 0) is 36.1 Å². The van der Waals surface area contributed by atoms with E-state index < -0.39 is 11.9 Å². The van der Waals surface area contributed by atoms with E-state index in [1.807, 2.05) is 34.0 Å². The molecule has 2 aliphatic heterocycles. The first-order valence-electron chi connectivity index (χ1n) is 14.4. The number of hydrogen-bond acceptors (Lipinski definition) is 5. The maximum Gasteiger partial charge on any atom is 0.308 e. The van der Waals surface area contributed by atoms with E-state index in [1.54, 1.807) is 6.20 Å². The smallest absolute Gasteiger partial charge is 0.308 e. The van der Waals surface area contributed by atoms with E-state index in [0.29, 0.717) is 26.1 Å². The van der Waals surface area contributed by atoms with Gasteiger partial charge < -0.3 is 19.2 Å². The van der Waals surface area contributed by atoms with Crippen molar-refractivity contribution in [1.82, 2.24) is 19.6 Å². The molecule has 214 valence electrons. The average molecular weight is 541 g/mol. The summed E-state index contributed by atoms with van der Waals surface area (Å²) in [5, 5.41) is 14.8. The van der Waals surface area contributed by atoms with Gasteiger partial charge in [-0.2, -0.15) is 5.10 Å². The molecular formula is C30H46N5O4+. The number of nitrogens with zero attached hydrogens (tertiary/aromatic N) is 5. The number of carbonyl (C=O) groups is 2. The Morgan fingerprint density at radius 3 is 2.69 bits per heavy atom. The molecule has 1 fully saturated rings. The molecule has 9 heteroatoms. The molecule has 9 nitrogen and oxygen atoms in total. The zero-order chi connectivity index (χ0) is 28.0. The van der Waals surface area contributed by atoms with E-state index in [4.69, 9.17) is 4.74 Å². The number of carboxylic acid groups (broad SMARTS) is 1. The Balaban J connectivity index is 1.55. The van der Waals surface area contributed by atoms with Crippen LogP contribution < -0.4 is 4.74 Å². The van der Waals surface area contributed by atoms with Crippen LogP contribution in [-0.2, 0) is 22.6 Å². The fraction of sp³-hybridized carbons (Fsp3) is 0.633. The van der Waals surface area contributed by atoms with Crippen LogP contribution in [0.2, 0.25) is 0 Å². The SMILES string of the molecule is CCCCN(CCC[N+](C)(C)C)C(=O)CN1CC(c2ccc3c(c2)CCO3)C(C(=O)O)C1CCn1cccn1. The molecule has 3 unspecified atom stereocenters. The highest BCUT2D eigenvalue weighted by molar-refractivity contribution is 5.79. The van der Waals surface area contributed by atoms with E-state index in [2.05, 4.69) is 44.1 Å². The van der Waals surface area contributed by atoms with Gasteiger partial charge in [-0.1, -0.05) is 25.5 Å². The number of rotatable bonds is 14. The molecule has 3 atom stereocenters. The number of ether oxygens (including phenoxy) is 1. The molecule has 0 bridgehead atoms. The van der Waals surface area contributed by atoms with Crippen LogP contribution in [-0.4, -0.2) is 108 Å². The van der Waals surface area contributed by atoms with Gasteiger partial charge in [0, 0.05) is 63.4 Å². The van der Waals surface area contributed by atoms with Crippen molar-refractivity contribution in [2.75, 3.05) is 60.5 Å². The Morgan fingerprint density at radius 1 is 1.21 bits per heavy atom. The normalized spacial score (nSPS) is 21.1. The number of aliphatic carboxylic acids is 1. The summed E-state index contributed by atoms with van der Waals surface area (Å²) in [5.41, 5.74) is 2.17. The molecule has 0 saturated carbocycles. The lowest BCUT2D eigenvalue weighted by Crippen LogP contribution is -2.45. The summed E-state index contributed by atoms with van der Waals surface area (Å²) in [7, 11) is 6.51. The molecule has 1 aromatic heterocycles. The minimum atomic E-state index is -0.803. The number of carbonyl (C=O) groups excluding carboxylic acids is 1. The lowest BCUT2D eigenvalue weighted by molar-refractivity contribution is -0.870. The molecule has 4 rings (SSSR count). The van der Waals surface area contributed by atoms with Crippen LogP contribution in [0.1, 0.15) is 49.7 Å². The zero-order valence-corrected chi connectivity index (χ0v) is 24.1. The van der Waals surface area contributed by atoms with Crippen molar-refractivity contribution in [3.63, 3.8) is 0 Å². The highest BCUT2D eigenvalue weighted by Gasteiger charge is 2.47. The molecular weight excluding hydrogens is 494 g/mol. The Morgan fingerprint density at radius 2 is 2.00 bits per heavy atom. The minimum Gasteiger partial charge on any atom is -0.493 e. The lowest BCUT2D eigenvalue weighted by Gasteiger charge is -2.30. The topological polar surface area (TPSA) is 87.9 Å². The number of hydrogen-bond donors (Lipinski definition) is 1. The Kier molecular flexibility index (Phi) is 9.67. The van der Waals surface area contributed by atoms with Crippen LogP contribution >= 0.6 is 0 Å². The Hall–Kier alpha value is -2.91. The van der Waals surface area contributed by atoms with Crippen molar-refractivity contribution in [1.29, 1.82) is 0 Å². The highest BCUT2D eigenvalue weighted by atomic mass is 16.5. The first-order chi connectivity index (χ1) is 18.7. The molecule has 0 aliphatic carbocycles. The van der Waals surface area contributed by atoms with Crippen LogP contribution in [0.4, 0.5) is 0 Å². The van der Waals surface area contributed by atoms with E-state index >= 15 is 0 Å². The van der Waals surface area contributed by atoms with Gasteiger partial charge in [-0.25, -0.2) is 0 Å². The average Bonchev–Trinajstić information content (AvgIpc) is 3.63. The molecule has 39 heavy (non-hydrogen) atoms. The number of carboxylic acids is 1. The van der Waals surface area contributed by atoms with E-state index in [-0.39, 0.29) is 24.4 Å². The van der Waals surface area contributed by atoms with Gasteiger partial charge in [-0.3, -0.25) is 19.2 Å². The van der Waals surface area contributed by atoms with E-state index in [1.165, 1.54) is 0 Å². The first-order valence-corrected chi connectivity index (χ1v) is 14.4. The molecule has 0 radical (unpaired) electrons. The summed E-state index contributed by atoms with van der Waals surface area (Å²) in [6.07, 6.45) is 8.04. The predicted octanol–water partition coefficient (Wildman–Crippen LogP) is 3.10. The number of amides is 1. The minimum absolute atomic E-state index is 0.0982. The third-order valence-electron chi connectivity index (χ3n) is 8.12. The number of benzene rings is 1. The number of unbranched alkanes of at least 4 members (excludes halogenated alkanes) is 1. The predicted molar refractivity (Wildman–Crippen MR) is 151 cm³/mol. The molecule has 2 aromatic rings. The third kappa shape index (κ3) is 7.60. The second kappa shape index (κ2) is 13.0. The summed E-state index contributed by atoms with van der Waals surface area (Å²) in [6.45, 7) is 6.69. The maximum absolute atomic E-state index is 13.7. The molecule has 0 spiro atoms. The lowest BCUT2D eigenvalue weighted by atomic mass is 9.83. The summed E-state index contributed by atoms with van der Waals surface area (Å²) < 4.78 is 8.40. The highest BCUT2D eigenvalue weighted by Crippen LogP contribution is 2.41. The van der Waals surface area contributed by atoms with Crippen LogP contribution in [0, 0.1) is 5.92 Å². The monoisotopic (exact) mass is 540 g/mol. The maximum atomic E-state index is 13.7. The molecule has 2 aliphatic rings.